The largest absolute Gasteiger partial charge is 0.507 e. The third kappa shape index (κ3) is 3.04. The number of phenolic OH excluding ortho intramolecular Hbond substituents is 1. The van der Waals surface area contributed by atoms with E-state index in [4.69, 9.17) is 0 Å². The van der Waals surface area contributed by atoms with Crippen LogP contribution in [0.5, 0.6) is 5.75 Å². The molecule has 0 aliphatic carbocycles. The van der Waals surface area contributed by atoms with Crippen LogP contribution in [0.3, 0.4) is 0 Å². The van der Waals surface area contributed by atoms with Gasteiger partial charge < -0.3 is 5.11 Å². The number of aromatic hydroxyl groups is 1. The average molecular weight is 315 g/mol. The van der Waals surface area contributed by atoms with E-state index in [-0.39, 0.29) is 11.4 Å². The minimum Gasteiger partial charge on any atom is -0.507 e. The van der Waals surface area contributed by atoms with Gasteiger partial charge in [-0.1, -0.05) is 42.5 Å². The molecule has 5 heteroatoms. The van der Waals surface area contributed by atoms with Gasteiger partial charge in [0.05, 0.1) is 11.3 Å². The number of alkyl halides is 3. The average Bonchev–Trinajstić information content (AvgIpc) is 2.54. The number of phenols is 1. The van der Waals surface area contributed by atoms with Gasteiger partial charge in [-0.3, -0.25) is 4.99 Å². The summed E-state index contributed by atoms with van der Waals surface area (Å²) in [5.74, 6) is -0.00339. The Morgan fingerprint density at radius 1 is 0.870 bits per heavy atom. The van der Waals surface area contributed by atoms with Crippen molar-refractivity contribution >= 4 is 22.7 Å². The quantitative estimate of drug-likeness (QED) is 0.638. The van der Waals surface area contributed by atoms with Crippen LogP contribution in [0.15, 0.2) is 65.7 Å². The minimum absolute atomic E-state index is 0.00339. The predicted octanol–water partition coefficient (Wildman–Crippen LogP) is 5.31. The van der Waals surface area contributed by atoms with Gasteiger partial charge in [-0.05, 0) is 23.6 Å². The molecule has 0 aliphatic heterocycles. The first-order valence-electron chi connectivity index (χ1n) is 6.88. The molecule has 1 N–H and O–H groups in total. The Morgan fingerprint density at radius 3 is 2.35 bits per heavy atom. The summed E-state index contributed by atoms with van der Waals surface area (Å²) in [6, 6.07) is 15.7. The number of hydrogen-bond acceptors (Lipinski definition) is 2. The lowest BCUT2D eigenvalue weighted by atomic mass is 10.1. The van der Waals surface area contributed by atoms with Gasteiger partial charge >= 0.3 is 6.18 Å². The van der Waals surface area contributed by atoms with Crippen molar-refractivity contribution in [2.75, 3.05) is 0 Å². The summed E-state index contributed by atoms with van der Waals surface area (Å²) in [5.41, 5.74) is -0.634. The number of hydrogen-bond donors (Lipinski definition) is 1. The Morgan fingerprint density at radius 2 is 1.57 bits per heavy atom. The molecule has 0 amide bonds. The summed E-state index contributed by atoms with van der Waals surface area (Å²) in [6.45, 7) is 0. The van der Waals surface area contributed by atoms with Crippen molar-refractivity contribution in [1.29, 1.82) is 0 Å². The molecule has 0 saturated carbocycles. The van der Waals surface area contributed by atoms with Gasteiger partial charge in [0.1, 0.15) is 5.75 Å². The molecule has 3 aromatic rings. The van der Waals surface area contributed by atoms with Crippen molar-refractivity contribution in [2.24, 2.45) is 4.99 Å². The van der Waals surface area contributed by atoms with Crippen LogP contribution in [-0.2, 0) is 6.18 Å². The summed E-state index contributed by atoms with van der Waals surface area (Å²) < 4.78 is 38.8. The number of nitrogens with zero attached hydrogens (tertiary/aromatic N) is 1. The van der Waals surface area contributed by atoms with Gasteiger partial charge in [0.15, 0.2) is 0 Å². The van der Waals surface area contributed by atoms with Gasteiger partial charge in [-0.2, -0.15) is 13.2 Å². The zero-order valence-electron chi connectivity index (χ0n) is 11.9. The van der Waals surface area contributed by atoms with Crippen LogP contribution in [0.25, 0.3) is 10.8 Å². The van der Waals surface area contributed by atoms with Gasteiger partial charge in [-0.15, -0.1) is 0 Å². The number of benzene rings is 3. The van der Waals surface area contributed by atoms with Crippen LogP contribution in [0.2, 0.25) is 0 Å². The molecular formula is C18H12F3NO. The van der Waals surface area contributed by atoms with Gasteiger partial charge in [0.25, 0.3) is 0 Å². The van der Waals surface area contributed by atoms with E-state index >= 15 is 0 Å². The van der Waals surface area contributed by atoms with E-state index in [1.165, 1.54) is 24.4 Å². The van der Waals surface area contributed by atoms with Crippen LogP contribution in [0, 0.1) is 0 Å². The fourth-order valence-electron chi connectivity index (χ4n) is 2.34. The van der Waals surface area contributed by atoms with Crippen molar-refractivity contribution in [1.82, 2.24) is 0 Å². The molecule has 0 spiro atoms. The number of halogens is 3. The standard InChI is InChI=1S/C18H12F3NO/c19-18(20,21)15-7-3-4-8-16(15)22-11-13-10-9-12-5-1-2-6-14(12)17(13)23/h1-11,23H. The molecule has 0 aliphatic rings. The Kier molecular flexibility index (Phi) is 3.78. The summed E-state index contributed by atoms with van der Waals surface area (Å²) in [7, 11) is 0. The zero-order chi connectivity index (χ0) is 16.4. The van der Waals surface area contributed by atoms with Crippen LogP contribution in [-0.4, -0.2) is 11.3 Å². The summed E-state index contributed by atoms with van der Waals surface area (Å²) in [5, 5.41) is 11.7. The first-order valence-corrected chi connectivity index (χ1v) is 6.88. The predicted molar refractivity (Wildman–Crippen MR) is 84.3 cm³/mol. The minimum atomic E-state index is -4.47. The molecule has 0 aromatic heterocycles. The zero-order valence-corrected chi connectivity index (χ0v) is 11.9. The first-order chi connectivity index (χ1) is 11.0. The molecule has 0 unspecified atom stereocenters. The first kappa shape index (κ1) is 15.1. The monoisotopic (exact) mass is 315 g/mol. The Labute approximate surface area is 130 Å². The normalized spacial score (nSPS) is 12.1. The Balaban J connectivity index is 2.03. The third-order valence-electron chi connectivity index (χ3n) is 3.48. The fourth-order valence-corrected chi connectivity index (χ4v) is 2.34. The molecule has 2 nitrogen and oxygen atoms in total. The topological polar surface area (TPSA) is 32.6 Å². The highest BCUT2D eigenvalue weighted by Crippen LogP contribution is 2.36. The second-order valence-electron chi connectivity index (χ2n) is 5.00. The lowest BCUT2D eigenvalue weighted by Gasteiger charge is -2.09. The number of para-hydroxylation sites is 1. The SMILES string of the molecule is Oc1c(C=Nc2ccccc2C(F)(F)F)ccc2ccccc12. The van der Waals surface area contributed by atoms with Crippen molar-refractivity contribution in [3.63, 3.8) is 0 Å². The van der Waals surface area contributed by atoms with E-state index in [1.54, 1.807) is 24.3 Å². The van der Waals surface area contributed by atoms with Crippen molar-refractivity contribution in [2.45, 2.75) is 6.18 Å². The van der Waals surface area contributed by atoms with Crippen molar-refractivity contribution in [3.8, 4) is 5.75 Å². The lowest BCUT2D eigenvalue weighted by molar-refractivity contribution is -0.137. The maximum Gasteiger partial charge on any atom is 0.418 e. The highest BCUT2D eigenvalue weighted by Gasteiger charge is 2.32. The van der Waals surface area contributed by atoms with E-state index in [1.807, 2.05) is 12.1 Å². The van der Waals surface area contributed by atoms with Gasteiger partial charge in [0.2, 0.25) is 0 Å². The van der Waals surface area contributed by atoms with Crippen molar-refractivity contribution < 1.29 is 18.3 Å². The molecule has 0 bridgehead atoms. The van der Waals surface area contributed by atoms with Gasteiger partial charge in [0, 0.05) is 17.2 Å². The van der Waals surface area contributed by atoms with Crippen molar-refractivity contribution in [3.05, 3.63) is 71.8 Å². The van der Waals surface area contributed by atoms with E-state index in [0.717, 1.165) is 11.5 Å². The Hall–Kier alpha value is -2.82. The van der Waals surface area contributed by atoms with Crippen LogP contribution >= 0.6 is 0 Å². The maximum atomic E-state index is 12.9. The molecule has 23 heavy (non-hydrogen) atoms. The molecule has 0 radical (unpaired) electrons. The molecule has 0 saturated heterocycles. The highest BCUT2D eigenvalue weighted by atomic mass is 19.4. The van der Waals surface area contributed by atoms with Gasteiger partial charge in [-0.25, -0.2) is 0 Å². The summed E-state index contributed by atoms with van der Waals surface area (Å²) in [6.07, 6.45) is -3.23. The van der Waals surface area contributed by atoms with E-state index in [9.17, 15) is 18.3 Å². The number of aliphatic imine (C=N–C) groups is 1. The van der Waals surface area contributed by atoms with Crippen LogP contribution in [0.4, 0.5) is 18.9 Å². The molecule has 0 heterocycles. The lowest BCUT2D eigenvalue weighted by Crippen LogP contribution is -2.04. The smallest absolute Gasteiger partial charge is 0.418 e. The van der Waals surface area contributed by atoms with Crippen LogP contribution < -0.4 is 0 Å². The third-order valence-corrected chi connectivity index (χ3v) is 3.48. The second-order valence-corrected chi connectivity index (χ2v) is 5.00. The molecule has 116 valence electrons. The van der Waals surface area contributed by atoms with E-state index in [2.05, 4.69) is 4.99 Å². The van der Waals surface area contributed by atoms with E-state index < -0.39 is 11.7 Å². The highest BCUT2D eigenvalue weighted by molar-refractivity contribution is 5.97. The Bertz CT molecular complexity index is 885. The molecule has 3 rings (SSSR count). The fraction of sp³-hybridized carbons (Fsp3) is 0.0556. The molecule has 3 aromatic carbocycles. The van der Waals surface area contributed by atoms with Crippen LogP contribution in [0.1, 0.15) is 11.1 Å². The molecule has 0 atom stereocenters. The summed E-state index contributed by atoms with van der Waals surface area (Å²) >= 11 is 0. The summed E-state index contributed by atoms with van der Waals surface area (Å²) in [4.78, 5) is 3.91. The molecule has 0 fully saturated rings. The number of fused-ring (bicyclic) bond motifs is 1. The van der Waals surface area contributed by atoms with E-state index in [0.29, 0.717) is 10.9 Å². The number of rotatable bonds is 2. The second kappa shape index (κ2) is 5.76. The maximum absolute atomic E-state index is 12.9. The molecular weight excluding hydrogens is 303 g/mol.